The Kier molecular flexibility index (Phi) is 3.38. The van der Waals surface area contributed by atoms with Gasteiger partial charge in [-0.15, -0.1) is 0 Å². The van der Waals surface area contributed by atoms with Gasteiger partial charge in [-0.1, -0.05) is 5.16 Å². The van der Waals surface area contributed by atoms with E-state index in [4.69, 9.17) is 9.26 Å². The lowest BCUT2D eigenvalue weighted by atomic mass is 10.2. The van der Waals surface area contributed by atoms with Crippen LogP contribution < -0.4 is 5.32 Å². The molecule has 0 aromatic carbocycles. The van der Waals surface area contributed by atoms with E-state index in [0.717, 1.165) is 31.2 Å². The first kappa shape index (κ1) is 10.6. The Morgan fingerprint density at radius 2 is 2.33 bits per heavy atom. The predicted molar refractivity (Wildman–Crippen MR) is 56.7 cm³/mol. The van der Waals surface area contributed by atoms with Crippen LogP contribution in [-0.4, -0.2) is 24.4 Å². The lowest BCUT2D eigenvalue weighted by molar-refractivity contribution is 0.110. The van der Waals surface area contributed by atoms with E-state index in [2.05, 4.69) is 10.5 Å². The third-order valence-corrected chi connectivity index (χ3v) is 2.88. The summed E-state index contributed by atoms with van der Waals surface area (Å²) in [5.74, 6) is 0.910. The van der Waals surface area contributed by atoms with Gasteiger partial charge < -0.3 is 14.6 Å². The van der Waals surface area contributed by atoms with E-state index in [1.165, 1.54) is 18.4 Å². The highest BCUT2D eigenvalue weighted by atomic mass is 16.5. The van der Waals surface area contributed by atoms with Crippen LogP contribution >= 0.6 is 0 Å². The molecule has 0 radical (unpaired) electrons. The molecule has 1 aromatic rings. The molecule has 84 valence electrons. The molecule has 0 saturated carbocycles. The Morgan fingerprint density at radius 1 is 1.47 bits per heavy atom. The second-order valence-electron chi connectivity index (χ2n) is 4.07. The fourth-order valence-corrected chi connectivity index (χ4v) is 1.92. The molecule has 1 atom stereocenters. The van der Waals surface area contributed by atoms with Gasteiger partial charge in [0, 0.05) is 25.3 Å². The quantitative estimate of drug-likeness (QED) is 0.819. The lowest BCUT2D eigenvalue weighted by Gasteiger charge is -2.10. The fourth-order valence-electron chi connectivity index (χ4n) is 1.92. The first-order valence-corrected chi connectivity index (χ1v) is 5.51. The summed E-state index contributed by atoms with van der Waals surface area (Å²) in [7, 11) is 0. The lowest BCUT2D eigenvalue weighted by Crippen LogP contribution is -2.26. The van der Waals surface area contributed by atoms with Gasteiger partial charge in [0.25, 0.3) is 0 Å². The van der Waals surface area contributed by atoms with Gasteiger partial charge in [-0.05, 0) is 26.7 Å². The van der Waals surface area contributed by atoms with Crippen LogP contribution in [0.2, 0.25) is 0 Å². The first-order valence-electron chi connectivity index (χ1n) is 5.51. The molecule has 15 heavy (non-hydrogen) atoms. The average Bonchev–Trinajstić information content (AvgIpc) is 2.82. The van der Waals surface area contributed by atoms with Crippen LogP contribution in [0.4, 0.5) is 0 Å². The van der Waals surface area contributed by atoms with Crippen molar-refractivity contribution in [2.45, 2.75) is 39.3 Å². The Bertz CT molecular complexity index is 297. The van der Waals surface area contributed by atoms with Crippen LogP contribution in [0, 0.1) is 13.8 Å². The standard InChI is InChI=1S/C11H18N2O2/c1-8-11(9(2)15-13-8)7-12-6-10-4-3-5-14-10/h10,12H,3-7H2,1-2H3. The van der Waals surface area contributed by atoms with Gasteiger partial charge >= 0.3 is 0 Å². The van der Waals surface area contributed by atoms with Crippen molar-refractivity contribution in [2.24, 2.45) is 0 Å². The zero-order valence-corrected chi connectivity index (χ0v) is 9.38. The summed E-state index contributed by atoms with van der Waals surface area (Å²) in [6.07, 6.45) is 2.76. The molecular formula is C11H18N2O2. The van der Waals surface area contributed by atoms with Crippen LogP contribution in [0.25, 0.3) is 0 Å². The van der Waals surface area contributed by atoms with Crippen molar-refractivity contribution >= 4 is 0 Å². The predicted octanol–water partition coefficient (Wildman–Crippen LogP) is 1.56. The summed E-state index contributed by atoms with van der Waals surface area (Å²) in [6.45, 7) is 6.57. The Balaban J connectivity index is 1.77. The van der Waals surface area contributed by atoms with E-state index in [-0.39, 0.29) is 0 Å². The molecule has 4 heteroatoms. The largest absolute Gasteiger partial charge is 0.377 e. The SMILES string of the molecule is Cc1noc(C)c1CNCC1CCCO1. The van der Waals surface area contributed by atoms with Gasteiger partial charge in [-0.25, -0.2) is 0 Å². The molecule has 1 aromatic heterocycles. The maximum absolute atomic E-state index is 5.53. The maximum atomic E-state index is 5.53. The van der Waals surface area contributed by atoms with Crippen molar-refractivity contribution in [3.05, 3.63) is 17.0 Å². The van der Waals surface area contributed by atoms with Crippen LogP contribution in [0.5, 0.6) is 0 Å². The monoisotopic (exact) mass is 210 g/mol. The molecule has 1 N–H and O–H groups in total. The van der Waals surface area contributed by atoms with Crippen molar-refractivity contribution in [1.82, 2.24) is 10.5 Å². The number of hydrogen-bond acceptors (Lipinski definition) is 4. The Morgan fingerprint density at radius 3 is 2.93 bits per heavy atom. The van der Waals surface area contributed by atoms with Crippen molar-refractivity contribution < 1.29 is 9.26 Å². The third-order valence-electron chi connectivity index (χ3n) is 2.88. The molecule has 1 unspecified atom stereocenters. The summed E-state index contributed by atoms with van der Waals surface area (Å²) >= 11 is 0. The minimum Gasteiger partial charge on any atom is -0.377 e. The van der Waals surface area contributed by atoms with E-state index in [1.807, 2.05) is 13.8 Å². The smallest absolute Gasteiger partial charge is 0.138 e. The summed E-state index contributed by atoms with van der Waals surface area (Å²) < 4.78 is 10.6. The average molecular weight is 210 g/mol. The zero-order valence-electron chi connectivity index (χ0n) is 9.38. The van der Waals surface area contributed by atoms with E-state index in [9.17, 15) is 0 Å². The fraction of sp³-hybridized carbons (Fsp3) is 0.727. The molecule has 2 rings (SSSR count). The van der Waals surface area contributed by atoms with Crippen LogP contribution in [-0.2, 0) is 11.3 Å². The summed E-state index contributed by atoms with van der Waals surface area (Å²) in [5, 5.41) is 7.31. The minimum absolute atomic E-state index is 0.394. The topological polar surface area (TPSA) is 47.3 Å². The van der Waals surface area contributed by atoms with Crippen LogP contribution in [0.3, 0.4) is 0 Å². The minimum atomic E-state index is 0.394. The highest BCUT2D eigenvalue weighted by molar-refractivity contribution is 5.20. The molecular weight excluding hydrogens is 192 g/mol. The van der Waals surface area contributed by atoms with Gasteiger partial charge in [-0.2, -0.15) is 0 Å². The summed E-state index contributed by atoms with van der Waals surface area (Å²) in [6, 6.07) is 0. The van der Waals surface area contributed by atoms with Gasteiger partial charge in [-0.3, -0.25) is 0 Å². The van der Waals surface area contributed by atoms with E-state index < -0.39 is 0 Å². The number of hydrogen-bond donors (Lipinski definition) is 1. The van der Waals surface area contributed by atoms with Crippen molar-refractivity contribution in [3.8, 4) is 0 Å². The Labute approximate surface area is 90.0 Å². The van der Waals surface area contributed by atoms with Gasteiger partial charge in [0.2, 0.25) is 0 Å². The number of rotatable bonds is 4. The second kappa shape index (κ2) is 4.77. The molecule has 2 heterocycles. The van der Waals surface area contributed by atoms with Gasteiger partial charge in [0.05, 0.1) is 11.8 Å². The molecule has 1 saturated heterocycles. The first-order chi connectivity index (χ1) is 7.27. The van der Waals surface area contributed by atoms with Crippen molar-refractivity contribution in [1.29, 1.82) is 0 Å². The van der Waals surface area contributed by atoms with Crippen molar-refractivity contribution in [2.75, 3.05) is 13.2 Å². The number of nitrogens with one attached hydrogen (secondary N) is 1. The molecule has 0 aliphatic carbocycles. The Hall–Kier alpha value is -0.870. The van der Waals surface area contributed by atoms with Crippen LogP contribution in [0.15, 0.2) is 4.52 Å². The second-order valence-corrected chi connectivity index (χ2v) is 4.07. The van der Waals surface area contributed by atoms with Gasteiger partial charge in [0.1, 0.15) is 5.76 Å². The van der Waals surface area contributed by atoms with E-state index >= 15 is 0 Å². The highest BCUT2D eigenvalue weighted by Crippen LogP contribution is 2.13. The highest BCUT2D eigenvalue weighted by Gasteiger charge is 2.15. The molecule has 0 bridgehead atoms. The molecule has 4 nitrogen and oxygen atoms in total. The normalized spacial score (nSPS) is 21.1. The zero-order chi connectivity index (χ0) is 10.7. The maximum Gasteiger partial charge on any atom is 0.138 e. The summed E-state index contributed by atoms with van der Waals surface area (Å²) in [5.41, 5.74) is 2.15. The molecule has 0 amide bonds. The number of aryl methyl sites for hydroxylation is 2. The van der Waals surface area contributed by atoms with E-state index in [1.54, 1.807) is 0 Å². The number of aromatic nitrogens is 1. The number of nitrogens with zero attached hydrogens (tertiary/aromatic N) is 1. The van der Waals surface area contributed by atoms with E-state index in [0.29, 0.717) is 6.10 Å². The number of ether oxygens (including phenoxy) is 1. The van der Waals surface area contributed by atoms with Crippen molar-refractivity contribution in [3.63, 3.8) is 0 Å². The van der Waals surface area contributed by atoms with Crippen LogP contribution in [0.1, 0.15) is 29.9 Å². The third kappa shape index (κ3) is 2.58. The molecule has 1 aliphatic heterocycles. The van der Waals surface area contributed by atoms with Gasteiger partial charge in [0.15, 0.2) is 0 Å². The molecule has 1 fully saturated rings. The molecule has 0 spiro atoms. The summed E-state index contributed by atoms with van der Waals surface area (Å²) in [4.78, 5) is 0. The molecule has 1 aliphatic rings.